The minimum Gasteiger partial charge on any atom is -0.395 e. The Kier molecular flexibility index (Phi) is 4.15. The summed E-state index contributed by atoms with van der Waals surface area (Å²) in [5.41, 5.74) is 0.433. The average molecular weight is 252 g/mol. The van der Waals surface area contributed by atoms with Gasteiger partial charge in [0.1, 0.15) is 5.82 Å². The summed E-state index contributed by atoms with van der Waals surface area (Å²) in [5, 5.41) is 11.6. The first-order valence-corrected chi connectivity index (χ1v) is 6.15. The number of hydrogen-bond acceptors (Lipinski definition) is 2. The zero-order valence-corrected chi connectivity index (χ0v) is 10.1. The van der Waals surface area contributed by atoms with Crippen molar-refractivity contribution in [2.45, 2.75) is 25.3 Å². The van der Waals surface area contributed by atoms with Crippen LogP contribution >= 0.6 is 0 Å². The number of nitrogens with zero attached hydrogens (tertiary/aromatic N) is 1. The molecule has 0 aromatic heterocycles. The average Bonchev–Trinajstić information content (AvgIpc) is 2.26. The van der Waals surface area contributed by atoms with Gasteiger partial charge in [0.05, 0.1) is 6.61 Å². The number of urea groups is 1. The third kappa shape index (κ3) is 2.98. The fourth-order valence-corrected chi connectivity index (χ4v) is 2.02. The molecule has 2 rings (SSSR count). The number of carbonyl (C=O) groups is 1. The number of nitrogens with one attached hydrogen (secondary N) is 1. The van der Waals surface area contributed by atoms with Crippen LogP contribution in [0.15, 0.2) is 24.3 Å². The van der Waals surface area contributed by atoms with Gasteiger partial charge in [0.15, 0.2) is 0 Å². The van der Waals surface area contributed by atoms with Crippen LogP contribution in [0.2, 0.25) is 0 Å². The number of aliphatic hydroxyl groups is 1. The molecule has 2 N–H and O–H groups in total. The Bertz CT molecular complexity index is 421. The monoisotopic (exact) mass is 252 g/mol. The van der Waals surface area contributed by atoms with Gasteiger partial charge in [-0.3, -0.25) is 0 Å². The summed E-state index contributed by atoms with van der Waals surface area (Å²) in [5.74, 6) is -0.384. The lowest BCUT2D eigenvalue weighted by molar-refractivity contribution is 0.127. The number of hydrogen-bond donors (Lipinski definition) is 2. The van der Waals surface area contributed by atoms with Crippen LogP contribution in [0.3, 0.4) is 0 Å². The Balaban J connectivity index is 2.00. The highest BCUT2D eigenvalue weighted by Crippen LogP contribution is 2.25. The van der Waals surface area contributed by atoms with Gasteiger partial charge in [-0.2, -0.15) is 0 Å². The molecule has 0 atom stereocenters. The van der Waals surface area contributed by atoms with E-state index in [-0.39, 0.29) is 24.5 Å². The summed E-state index contributed by atoms with van der Waals surface area (Å²) in [7, 11) is 0. The number of benzene rings is 1. The van der Waals surface area contributed by atoms with Crippen LogP contribution < -0.4 is 5.32 Å². The summed E-state index contributed by atoms with van der Waals surface area (Å²) in [6, 6.07) is 5.71. The van der Waals surface area contributed by atoms with E-state index in [1.165, 1.54) is 12.1 Å². The van der Waals surface area contributed by atoms with E-state index in [0.717, 1.165) is 19.3 Å². The van der Waals surface area contributed by atoms with E-state index in [4.69, 9.17) is 5.11 Å². The Morgan fingerprint density at radius 2 is 2.28 bits per heavy atom. The molecule has 4 nitrogen and oxygen atoms in total. The number of carbonyl (C=O) groups excluding carboxylic acids is 1. The predicted octanol–water partition coefficient (Wildman–Crippen LogP) is 2.20. The molecule has 18 heavy (non-hydrogen) atoms. The molecule has 0 saturated heterocycles. The third-order valence-electron chi connectivity index (χ3n) is 3.19. The number of rotatable bonds is 4. The van der Waals surface area contributed by atoms with Crippen LogP contribution in [-0.4, -0.2) is 35.2 Å². The Hall–Kier alpha value is -1.62. The lowest BCUT2D eigenvalue weighted by atomic mass is 9.92. The van der Waals surface area contributed by atoms with E-state index in [1.54, 1.807) is 17.0 Å². The summed E-state index contributed by atoms with van der Waals surface area (Å²) in [6.45, 7) is 0.249. The Labute approximate surface area is 105 Å². The van der Waals surface area contributed by atoms with Crippen molar-refractivity contribution in [1.82, 2.24) is 4.90 Å². The van der Waals surface area contributed by atoms with Gasteiger partial charge < -0.3 is 15.3 Å². The lowest BCUT2D eigenvalue weighted by Gasteiger charge is -2.37. The largest absolute Gasteiger partial charge is 0.395 e. The molecule has 1 saturated carbocycles. The molecule has 0 heterocycles. The van der Waals surface area contributed by atoms with Crippen molar-refractivity contribution in [3.05, 3.63) is 30.1 Å². The highest BCUT2D eigenvalue weighted by molar-refractivity contribution is 5.89. The molecule has 0 unspecified atom stereocenters. The molecule has 1 aliphatic rings. The second-order valence-electron chi connectivity index (χ2n) is 4.44. The molecule has 0 bridgehead atoms. The van der Waals surface area contributed by atoms with E-state index in [2.05, 4.69) is 5.32 Å². The van der Waals surface area contributed by atoms with Gasteiger partial charge in [-0.1, -0.05) is 6.07 Å². The number of halogens is 1. The molecule has 98 valence electrons. The first-order chi connectivity index (χ1) is 8.70. The quantitative estimate of drug-likeness (QED) is 0.863. The lowest BCUT2D eigenvalue weighted by Crippen LogP contribution is -2.47. The highest BCUT2D eigenvalue weighted by atomic mass is 19.1. The first-order valence-electron chi connectivity index (χ1n) is 6.15. The van der Waals surface area contributed by atoms with Crippen molar-refractivity contribution in [2.75, 3.05) is 18.5 Å². The fraction of sp³-hybridized carbons (Fsp3) is 0.462. The number of anilines is 1. The van der Waals surface area contributed by atoms with Gasteiger partial charge >= 0.3 is 6.03 Å². The second-order valence-corrected chi connectivity index (χ2v) is 4.44. The minimum absolute atomic E-state index is 0.0624. The van der Waals surface area contributed by atoms with Crippen LogP contribution in [0.25, 0.3) is 0 Å². The molecule has 0 radical (unpaired) electrons. The molecule has 5 heteroatoms. The standard InChI is InChI=1S/C13H17FN2O2/c14-10-3-1-4-11(9-10)15-13(18)16(7-8-17)12-5-2-6-12/h1,3-4,9,12,17H,2,5-8H2,(H,15,18). The molecular formula is C13H17FN2O2. The number of amides is 2. The summed E-state index contributed by atoms with van der Waals surface area (Å²) in [6.07, 6.45) is 3.05. The van der Waals surface area contributed by atoms with Crippen molar-refractivity contribution in [1.29, 1.82) is 0 Å². The fourth-order valence-electron chi connectivity index (χ4n) is 2.02. The summed E-state index contributed by atoms with van der Waals surface area (Å²) in [4.78, 5) is 13.6. The van der Waals surface area contributed by atoms with E-state index in [9.17, 15) is 9.18 Å². The normalized spacial score (nSPS) is 15.0. The van der Waals surface area contributed by atoms with Crippen molar-refractivity contribution in [3.63, 3.8) is 0 Å². The third-order valence-corrected chi connectivity index (χ3v) is 3.19. The number of aliphatic hydroxyl groups excluding tert-OH is 1. The predicted molar refractivity (Wildman–Crippen MR) is 66.8 cm³/mol. The molecule has 1 aromatic carbocycles. The minimum atomic E-state index is -0.384. The van der Waals surface area contributed by atoms with Gasteiger partial charge in [0, 0.05) is 18.3 Å². The highest BCUT2D eigenvalue weighted by Gasteiger charge is 2.28. The van der Waals surface area contributed by atoms with Crippen LogP contribution in [0.1, 0.15) is 19.3 Å². The zero-order valence-electron chi connectivity index (χ0n) is 10.1. The maximum atomic E-state index is 13.0. The van der Waals surface area contributed by atoms with Gasteiger partial charge in [-0.25, -0.2) is 9.18 Å². The van der Waals surface area contributed by atoms with Crippen LogP contribution in [0, 0.1) is 5.82 Å². The van der Waals surface area contributed by atoms with E-state index in [0.29, 0.717) is 12.2 Å². The summed E-state index contributed by atoms with van der Waals surface area (Å²) < 4.78 is 13.0. The molecule has 0 spiro atoms. The first kappa shape index (κ1) is 12.8. The molecule has 2 amide bonds. The molecule has 1 fully saturated rings. The van der Waals surface area contributed by atoms with Gasteiger partial charge in [-0.05, 0) is 37.5 Å². The maximum absolute atomic E-state index is 13.0. The Morgan fingerprint density at radius 1 is 1.50 bits per heavy atom. The van der Waals surface area contributed by atoms with Crippen molar-refractivity contribution in [3.8, 4) is 0 Å². The SMILES string of the molecule is O=C(Nc1cccc(F)c1)N(CCO)C1CCC1. The van der Waals surface area contributed by atoms with Crippen LogP contribution in [0.4, 0.5) is 14.9 Å². The topological polar surface area (TPSA) is 52.6 Å². The Morgan fingerprint density at radius 3 is 2.83 bits per heavy atom. The van der Waals surface area contributed by atoms with Crippen molar-refractivity contribution >= 4 is 11.7 Å². The summed E-state index contributed by atoms with van der Waals surface area (Å²) >= 11 is 0. The van der Waals surface area contributed by atoms with Crippen molar-refractivity contribution < 1.29 is 14.3 Å². The zero-order chi connectivity index (χ0) is 13.0. The van der Waals surface area contributed by atoms with E-state index >= 15 is 0 Å². The van der Waals surface area contributed by atoms with E-state index < -0.39 is 0 Å². The van der Waals surface area contributed by atoms with Gasteiger partial charge in [-0.15, -0.1) is 0 Å². The van der Waals surface area contributed by atoms with Crippen LogP contribution in [-0.2, 0) is 0 Å². The van der Waals surface area contributed by atoms with E-state index in [1.807, 2.05) is 0 Å². The van der Waals surface area contributed by atoms with Crippen LogP contribution in [0.5, 0.6) is 0 Å². The van der Waals surface area contributed by atoms with Gasteiger partial charge in [0.25, 0.3) is 0 Å². The maximum Gasteiger partial charge on any atom is 0.322 e. The van der Waals surface area contributed by atoms with Crippen molar-refractivity contribution in [2.24, 2.45) is 0 Å². The second kappa shape index (κ2) is 5.82. The molecule has 0 aliphatic heterocycles. The molecular weight excluding hydrogens is 235 g/mol. The van der Waals surface area contributed by atoms with Gasteiger partial charge in [0.2, 0.25) is 0 Å². The molecule has 1 aliphatic carbocycles. The molecule has 1 aromatic rings. The smallest absolute Gasteiger partial charge is 0.322 e.